The van der Waals surface area contributed by atoms with E-state index in [1.807, 2.05) is 13.1 Å². The number of hydrogen-bond donors (Lipinski definition) is 1. The molecule has 1 nitrogen and oxygen atoms in total. The lowest BCUT2D eigenvalue weighted by Gasteiger charge is -2.22. The zero-order chi connectivity index (χ0) is 13.7. The van der Waals surface area contributed by atoms with Gasteiger partial charge in [0.15, 0.2) is 0 Å². The van der Waals surface area contributed by atoms with Gasteiger partial charge in [0.05, 0.1) is 0 Å². The van der Waals surface area contributed by atoms with E-state index < -0.39 is 0 Å². The van der Waals surface area contributed by atoms with Gasteiger partial charge in [0, 0.05) is 11.1 Å². The summed E-state index contributed by atoms with van der Waals surface area (Å²) in [5.74, 6) is 1.50. The van der Waals surface area contributed by atoms with Crippen LogP contribution in [0.5, 0.6) is 0 Å². The highest BCUT2D eigenvalue weighted by molar-refractivity contribution is 6.31. The van der Waals surface area contributed by atoms with Crippen molar-refractivity contribution in [2.75, 3.05) is 7.05 Å². The second kappa shape index (κ2) is 7.16. The minimum absolute atomic E-state index is 0.426. The summed E-state index contributed by atoms with van der Waals surface area (Å²) in [6.45, 7) is 8.98. The minimum atomic E-state index is 0.426. The zero-order valence-corrected chi connectivity index (χ0v) is 13.0. The average Bonchev–Trinajstić information content (AvgIpc) is 2.29. The molecule has 0 aliphatic heterocycles. The SMILES string of the molecule is CNC(CC(C)CC(C)C)c1ccc(Cl)c(C)c1. The number of hydrogen-bond acceptors (Lipinski definition) is 1. The Kier molecular flexibility index (Phi) is 6.17. The molecule has 0 aliphatic rings. The average molecular weight is 268 g/mol. The van der Waals surface area contributed by atoms with Gasteiger partial charge in [-0.25, -0.2) is 0 Å². The Hall–Kier alpha value is -0.530. The molecule has 0 saturated carbocycles. The molecule has 0 aromatic heterocycles. The first-order valence-electron chi connectivity index (χ1n) is 6.87. The third-order valence-electron chi connectivity index (χ3n) is 3.44. The second-order valence-electron chi connectivity index (χ2n) is 5.82. The molecule has 1 aromatic carbocycles. The summed E-state index contributed by atoms with van der Waals surface area (Å²) in [5.41, 5.74) is 2.50. The summed E-state index contributed by atoms with van der Waals surface area (Å²) in [4.78, 5) is 0. The summed E-state index contributed by atoms with van der Waals surface area (Å²) < 4.78 is 0. The van der Waals surface area contributed by atoms with Crippen LogP contribution < -0.4 is 5.32 Å². The number of rotatable bonds is 6. The quantitative estimate of drug-likeness (QED) is 0.766. The van der Waals surface area contributed by atoms with E-state index in [4.69, 9.17) is 11.6 Å². The summed E-state index contributed by atoms with van der Waals surface area (Å²) in [6, 6.07) is 6.77. The molecule has 0 radical (unpaired) electrons. The zero-order valence-electron chi connectivity index (χ0n) is 12.3. The van der Waals surface area contributed by atoms with E-state index in [2.05, 4.69) is 45.1 Å². The maximum Gasteiger partial charge on any atom is 0.0435 e. The lowest BCUT2D eigenvalue weighted by atomic mass is 9.89. The number of aryl methyl sites for hydroxylation is 1. The topological polar surface area (TPSA) is 12.0 Å². The Morgan fingerprint density at radius 1 is 1.17 bits per heavy atom. The predicted molar refractivity (Wildman–Crippen MR) is 81.2 cm³/mol. The molecule has 0 spiro atoms. The van der Waals surface area contributed by atoms with E-state index in [0.717, 1.165) is 22.4 Å². The van der Waals surface area contributed by atoms with E-state index in [9.17, 15) is 0 Å². The van der Waals surface area contributed by atoms with Crippen molar-refractivity contribution < 1.29 is 0 Å². The van der Waals surface area contributed by atoms with Crippen molar-refractivity contribution in [1.82, 2.24) is 5.32 Å². The van der Waals surface area contributed by atoms with Crippen molar-refractivity contribution in [3.63, 3.8) is 0 Å². The van der Waals surface area contributed by atoms with Gasteiger partial charge in [-0.15, -0.1) is 0 Å². The normalized spacial score (nSPS) is 14.8. The van der Waals surface area contributed by atoms with Gasteiger partial charge in [0.25, 0.3) is 0 Å². The van der Waals surface area contributed by atoms with Crippen LogP contribution >= 0.6 is 11.6 Å². The Morgan fingerprint density at radius 3 is 2.33 bits per heavy atom. The van der Waals surface area contributed by atoms with Crippen LogP contribution in [0.2, 0.25) is 5.02 Å². The van der Waals surface area contributed by atoms with Gasteiger partial charge >= 0.3 is 0 Å². The molecule has 0 amide bonds. The fraction of sp³-hybridized carbons (Fsp3) is 0.625. The summed E-state index contributed by atoms with van der Waals surface area (Å²) in [7, 11) is 2.04. The highest BCUT2D eigenvalue weighted by Crippen LogP contribution is 2.27. The molecule has 0 heterocycles. The van der Waals surface area contributed by atoms with Crippen molar-refractivity contribution >= 4 is 11.6 Å². The predicted octanol–water partition coefficient (Wildman–Crippen LogP) is 4.98. The number of nitrogens with one attached hydrogen (secondary N) is 1. The Morgan fingerprint density at radius 2 is 1.83 bits per heavy atom. The van der Waals surface area contributed by atoms with Crippen LogP contribution in [0.3, 0.4) is 0 Å². The highest BCUT2D eigenvalue weighted by atomic mass is 35.5. The van der Waals surface area contributed by atoms with Crippen LogP contribution in [-0.2, 0) is 0 Å². The van der Waals surface area contributed by atoms with E-state index in [1.165, 1.54) is 18.4 Å². The van der Waals surface area contributed by atoms with Crippen molar-refractivity contribution in [3.05, 3.63) is 34.3 Å². The maximum atomic E-state index is 6.08. The lowest BCUT2D eigenvalue weighted by Crippen LogP contribution is -2.19. The van der Waals surface area contributed by atoms with E-state index in [0.29, 0.717) is 6.04 Å². The molecule has 1 N–H and O–H groups in total. The second-order valence-corrected chi connectivity index (χ2v) is 6.23. The molecule has 0 aliphatic carbocycles. The minimum Gasteiger partial charge on any atom is -0.313 e. The fourth-order valence-corrected chi connectivity index (χ4v) is 2.73. The standard InChI is InChI=1S/C16H26ClN/c1-11(2)8-12(3)9-16(18-5)14-6-7-15(17)13(4)10-14/h6-7,10-12,16,18H,8-9H2,1-5H3. The van der Waals surface area contributed by atoms with Crippen LogP contribution in [0.25, 0.3) is 0 Å². The lowest BCUT2D eigenvalue weighted by molar-refractivity contribution is 0.366. The van der Waals surface area contributed by atoms with Crippen LogP contribution in [0.4, 0.5) is 0 Å². The van der Waals surface area contributed by atoms with Gasteiger partial charge in [-0.1, -0.05) is 44.5 Å². The monoisotopic (exact) mass is 267 g/mol. The van der Waals surface area contributed by atoms with E-state index in [1.54, 1.807) is 0 Å². The van der Waals surface area contributed by atoms with Crippen molar-refractivity contribution in [3.8, 4) is 0 Å². The molecular weight excluding hydrogens is 242 g/mol. The molecule has 2 heteroatoms. The van der Waals surface area contributed by atoms with Crippen LogP contribution in [0, 0.1) is 18.8 Å². The first kappa shape index (κ1) is 15.5. The number of benzene rings is 1. The fourth-order valence-electron chi connectivity index (χ4n) is 2.61. The van der Waals surface area contributed by atoms with E-state index >= 15 is 0 Å². The highest BCUT2D eigenvalue weighted by Gasteiger charge is 2.15. The van der Waals surface area contributed by atoms with Crippen molar-refractivity contribution in [1.29, 1.82) is 0 Å². The smallest absolute Gasteiger partial charge is 0.0435 e. The third-order valence-corrected chi connectivity index (χ3v) is 3.87. The molecule has 0 bridgehead atoms. The molecule has 2 unspecified atom stereocenters. The van der Waals surface area contributed by atoms with E-state index in [-0.39, 0.29) is 0 Å². The molecule has 1 rings (SSSR count). The molecule has 18 heavy (non-hydrogen) atoms. The van der Waals surface area contributed by atoms with Crippen LogP contribution in [-0.4, -0.2) is 7.05 Å². The Balaban J connectivity index is 2.73. The summed E-state index contributed by atoms with van der Waals surface area (Å²) in [5, 5.41) is 4.28. The first-order valence-corrected chi connectivity index (χ1v) is 7.25. The maximum absolute atomic E-state index is 6.08. The van der Waals surface area contributed by atoms with Gasteiger partial charge in [0.1, 0.15) is 0 Å². The van der Waals surface area contributed by atoms with Crippen LogP contribution in [0.1, 0.15) is 50.8 Å². The summed E-state index contributed by atoms with van der Waals surface area (Å²) in [6.07, 6.45) is 2.46. The molecule has 0 saturated heterocycles. The summed E-state index contributed by atoms with van der Waals surface area (Å²) >= 11 is 6.08. The molecule has 102 valence electrons. The van der Waals surface area contributed by atoms with Gasteiger partial charge in [-0.2, -0.15) is 0 Å². The molecule has 1 aromatic rings. The Labute approximate surface area is 117 Å². The number of halogens is 1. The Bertz CT molecular complexity index is 373. The van der Waals surface area contributed by atoms with Gasteiger partial charge in [0.2, 0.25) is 0 Å². The van der Waals surface area contributed by atoms with Crippen LogP contribution in [0.15, 0.2) is 18.2 Å². The van der Waals surface area contributed by atoms with Crippen molar-refractivity contribution in [2.24, 2.45) is 11.8 Å². The molecular formula is C16H26ClN. The first-order chi connectivity index (χ1) is 8.43. The third kappa shape index (κ3) is 4.62. The van der Waals surface area contributed by atoms with Crippen molar-refractivity contribution in [2.45, 2.75) is 46.6 Å². The van der Waals surface area contributed by atoms with Gasteiger partial charge < -0.3 is 5.32 Å². The molecule has 0 fully saturated rings. The van der Waals surface area contributed by atoms with Gasteiger partial charge in [-0.3, -0.25) is 0 Å². The van der Waals surface area contributed by atoms with Gasteiger partial charge in [-0.05, 0) is 55.8 Å². The largest absolute Gasteiger partial charge is 0.313 e. The molecule has 2 atom stereocenters.